The Morgan fingerprint density at radius 3 is 2.41 bits per heavy atom. The summed E-state index contributed by atoms with van der Waals surface area (Å²) in [6.45, 7) is 0.472. The van der Waals surface area contributed by atoms with Crippen molar-refractivity contribution in [2.24, 2.45) is 0 Å². The number of amides is 1. The molecule has 3 aromatic carbocycles. The molecule has 5 rings (SSSR count). The Labute approximate surface area is 168 Å². The first-order chi connectivity index (χ1) is 14.3. The molecule has 0 spiro atoms. The quantitative estimate of drug-likeness (QED) is 0.515. The molecule has 0 saturated carbocycles. The summed E-state index contributed by atoms with van der Waals surface area (Å²) in [6, 6.07) is 25.7. The first-order valence-corrected chi connectivity index (χ1v) is 9.71. The monoisotopic (exact) mass is 380 g/mol. The molecule has 0 saturated heterocycles. The lowest BCUT2D eigenvalue weighted by atomic mass is 9.73. The third-order valence-electron chi connectivity index (χ3n) is 5.89. The predicted molar refractivity (Wildman–Crippen MR) is 114 cm³/mol. The molecule has 0 bridgehead atoms. The molecule has 1 atom stereocenters. The van der Waals surface area contributed by atoms with Gasteiger partial charge in [0.2, 0.25) is 5.91 Å². The second kappa shape index (κ2) is 6.74. The van der Waals surface area contributed by atoms with Gasteiger partial charge < -0.3 is 14.7 Å². The van der Waals surface area contributed by atoms with E-state index in [9.17, 15) is 9.59 Å². The number of aromatic nitrogens is 1. The van der Waals surface area contributed by atoms with Crippen molar-refractivity contribution in [3.8, 4) is 0 Å². The van der Waals surface area contributed by atoms with Crippen LogP contribution in [0, 0.1) is 0 Å². The van der Waals surface area contributed by atoms with Gasteiger partial charge in [-0.2, -0.15) is 0 Å². The summed E-state index contributed by atoms with van der Waals surface area (Å²) >= 11 is 0. The zero-order chi connectivity index (χ0) is 19.8. The zero-order valence-electron chi connectivity index (χ0n) is 15.8. The number of nitrogens with one attached hydrogen (secondary N) is 1. The van der Waals surface area contributed by atoms with Crippen molar-refractivity contribution in [3.05, 3.63) is 102 Å². The standard InChI is InChI=1S/C25H20N2O2/c28-15-14-25(21-16-26-22-12-6-4-10-19(21)22)20-11-5-7-13-23(20)27(24(25)29)17-18-8-2-1-3-9-18/h1-13,15-16,26H,14,17H2/t25-/m0/s1. The van der Waals surface area contributed by atoms with Gasteiger partial charge in [-0.15, -0.1) is 0 Å². The number of para-hydroxylation sites is 2. The van der Waals surface area contributed by atoms with Gasteiger partial charge in [0, 0.05) is 29.2 Å². The van der Waals surface area contributed by atoms with E-state index in [0.29, 0.717) is 6.54 Å². The van der Waals surface area contributed by atoms with Crippen molar-refractivity contribution in [3.63, 3.8) is 0 Å². The first kappa shape index (κ1) is 17.4. The van der Waals surface area contributed by atoms with Crippen molar-refractivity contribution >= 4 is 28.8 Å². The van der Waals surface area contributed by atoms with Crippen LogP contribution in [0.1, 0.15) is 23.1 Å². The smallest absolute Gasteiger partial charge is 0.243 e. The predicted octanol–water partition coefficient (Wildman–Crippen LogP) is 4.59. The van der Waals surface area contributed by atoms with E-state index in [4.69, 9.17) is 0 Å². The van der Waals surface area contributed by atoms with Crippen molar-refractivity contribution in [1.82, 2.24) is 4.98 Å². The Morgan fingerprint density at radius 2 is 1.59 bits per heavy atom. The third-order valence-corrected chi connectivity index (χ3v) is 5.89. The molecule has 4 aromatic rings. The van der Waals surface area contributed by atoms with Crippen LogP contribution in [0.4, 0.5) is 5.69 Å². The molecule has 1 aromatic heterocycles. The van der Waals surface area contributed by atoms with Crippen LogP contribution in [0.25, 0.3) is 10.9 Å². The Hall–Kier alpha value is -3.66. The van der Waals surface area contributed by atoms with E-state index in [2.05, 4.69) is 4.98 Å². The number of nitrogens with zero attached hydrogens (tertiary/aromatic N) is 1. The lowest BCUT2D eigenvalue weighted by molar-refractivity contribution is -0.124. The molecule has 142 valence electrons. The number of H-pyrrole nitrogens is 1. The minimum Gasteiger partial charge on any atom is -0.361 e. The van der Waals surface area contributed by atoms with E-state index < -0.39 is 5.41 Å². The van der Waals surface area contributed by atoms with Crippen LogP contribution in [0.15, 0.2) is 85.1 Å². The van der Waals surface area contributed by atoms with Crippen LogP contribution in [-0.4, -0.2) is 17.2 Å². The lowest BCUT2D eigenvalue weighted by Gasteiger charge is -2.27. The normalized spacial score (nSPS) is 18.2. The van der Waals surface area contributed by atoms with Crippen LogP contribution in [-0.2, 0) is 21.5 Å². The Morgan fingerprint density at radius 1 is 0.862 bits per heavy atom. The summed E-state index contributed by atoms with van der Waals surface area (Å²) in [6.07, 6.45) is 2.85. The minimum absolute atomic E-state index is 0.0561. The number of fused-ring (bicyclic) bond motifs is 2. The summed E-state index contributed by atoms with van der Waals surface area (Å²) in [5.74, 6) is -0.0561. The molecule has 0 radical (unpaired) electrons. The van der Waals surface area contributed by atoms with Gasteiger partial charge >= 0.3 is 0 Å². The summed E-state index contributed by atoms with van der Waals surface area (Å²) < 4.78 is 0. The highest BCUT2D eigenvalue weighted by atomic mass is 16.2. The van der Waals surface area contributed by atoms with Crippen LogP contribution < -0.4 is 4.90 Å². The molecule has 0 fully saturated rings. The summed E-state index contributed by atoms with van der Waals surface area (Å²) in [4.78, 5) is 30.9. The van der Waals surface area contributed by atoms with E-state index in [1.165, 1.54) is 0 Å². The minimum atomic E-state index is -1.02. The number of benzene rings is 3. The first-order valence-electron chi connectivity index (χ1n) is 9.71. The Bertz CT molecular complexity index is 1210. The molecule has 1 aliphatic heterocycles. The number of carbonyl (C=O) groups excluding carboxylic acids is 2. The number of anilines is 1. The number of carbonyl (C=O) groups is 2. The van der Waals surface area contributed by atoms with E-state index in [-0.39, 0.29) is 12.3 Å². The molecular formula is C25H20N2O2. The van der Waals surface area contributed by atoms with Crippen LogP contribution in [0.5, 0.6) is 0 Å². The van der Waals surface area contributed by atoms with Gasteiger partial charge in [0.1, 0.15) is 11.7 Å². The van der Waals surface area contributed by atoms with E-state index in [1.54, 1.807) is 0 Å². The van der Waals surface area contributed by atoms with Crippen molar-refractivity contribution in [2.75, 3.05) is 4.90 Å². The number of aldehydes is 1. The lowest BCUT2D eigenvalue weighted by Crippen LogP contribution is -2.41. The maximum absolute atomic E-state index is 14.0. The fourth-order valence-corrected chi connectivity index (χ4v) is 4.56. The Kier molecular flexibility index (Phi) is 4.06. The van der Waals surface area contributed by atoms with Crippen molar-refractivity contribution < 1.29 is 9.59 Å². The maximum atomic E-state index is 14.0. The van der Waals surface area contributed by atoms with Gasteiger partial charge in [0.15, 0.2) is 0 Å². The molecule has 29 heavy (non-hydrogen) atoms. The number of aromatic amines is 1. The summed E-state index contributed by atoms with van der Waals surface area (Å²) in [5.41, 5.74) is 3.60. The largest absolute Gasteiger partial charge is 0.361 e. The van der Waals surface area contributed by atoms with Gasteiger partial charge in [0.25, 0.3) is 0 Å². The van der Waals surface area contributed by atoms with Crippen LogP contribution >= 0.6 is 0 Å². The molecular weight excluding hydrogens is 360 g/mol. The van der Waals surface area contributed by atoms with Gasteiger partial charge in [-0.25, -0.2) is 0 Å². The fraction of sp³-hybridized carbons (Fsp3) is 0.120. The Balaban J connectivity index is 1.73. The second-order valence-corrected chi connectivity index (χ2v) is 7.42. The van der Waals surface area contributed by atoms with E-state index in [1.807, 2.05) is 90.0 Å². The maximum Gasteiger partial charge on any atom is 0.243 e. The highest BCUT2D eigenvalue weighted by molar-refractivity contribution is 6.13. The van der Waals surface area contributed by atoms with Gasteiger partial charge in [-0.3, -0.25) is 4.79 Å². The van der Waals surface area contributed by atoms with Crippen molar-refractivity contribution in [2.45, 2.75) is 18.4 Å². The van der Waals surface area contributed by atoms with Gasteiger partial charge in [0.05, 0.1) is 6.54 Å². The van der Waals surface area contributed by atoms with Crippen LogP contribution in [0.2, 0.25) is 0 Å². The topological polar surface area (TPSA) is 53.2 Å². The molecule has 1 amide bonds. The number of rotatable bonds is 5. The van der Waals surface area contributed by atoms with E-state index in [0.717, 1.165) is 39.6 Å². The molecule has 0 unspecified atom stereocenters. The molecule has 1 N–H and O–H groups in total. The molecule has 2 heterocycles. The van der Waals surface area contributed by atoms with Gasteiger partial charge in [-0.1, -0.05) is 66.7 Å². The fourth-order valence-electron chi connectivity index (χ4n) is 4.56. The SMILES string of the molecule is O=CC[C@]1(c2c[nH]c3ccccc23)C(=O)N(Cc2ccccc2)c2ccccc21. The summed E-state index contributed by atoms with van der Waals surface area (Å²) in [5, 5.41) is 0.971. The van der Waals surface area contributed by atoms with Crippen molar-refractivity contribution in [1.29, 1.82) is 0 Å². The highest BCUT2D eigenvalue weighted by Crippen LogP contribution is 2.50. The molecule has 0 aliphatic carbocycles. The van der Waals surface area contributed by atoms with Crippen LogP contribution in [0.3, 0.4) is 0 Å². The third kappa shape index (κ3) is 2.53. The average Bonchev–Trinajstić information content (AvgIpc) is 3.29. The molecule has 4 heteroatoms. The average molecular weight is 380 g/mol. The highest BCUT2D eigenvalue weighted by Gasteiger charge is 2.52. The summed E-state index contributed by atoms with van der Waals surface area (Å²) in [7, 11) is 0. The molecule has 1 aliphatic rings. The van der Waals surface area contributed by atoms with E-state index >= 15 is 0 Å². The zero-order valence-corrected chi connectivity index (χ0v) is 15.8. The molecule has 4 nitrogen and oxygen atoms in total. The second-order valence-electron chi connectivity index (χ2n) is 7.42. The number of hydrogen-bond acceptors (Lipinski definition) is 2. The van der Waals surface area contributed by atoms with Gasteiger partial charge in [-0.05, 0) is 28.8 Å². The number of hydrogen-bond donors (Lipinski definition) is 1.